The lowest BCUT2D eigenvalue weighted by molar-refractivity contribution is -0.121. The van der Waals surface area contributed by atoms with Crippen molar-refractivity contribution in [1.29, 1.82) is 0 Å². The molecule has 0 aromatic heterocycles. The van der Waals surface area contributed by atoms with Crippen LogP contribution in [-0.4, -0.2) is 23.7 Å². The van der Waals surface area contributed by atoms with E-state index in [0.29, 0.717) is 11.8 Å². The molecule has 1 amide bonds. The van der Waals surface area contributed by atoms with Crippen molar-refractivity contribution >= 4 is 46.0 Å². The molecule has 1 aromatic carbocycles. The first-order valence-corrected chi connectivity index (χ1v) is 7.12. The predicted octanol–water partition coefficient (Wildman–Crippen LogP) is 2.81. The van der Waals surface area contributed by atoms with Gasteiger partial charge in [-0.25, -0.2) is 0 Å². The minimum Gasteiger partial charge on any atom is -0.354 e. The quantitative estimate of drug-likeness (QED) is 0.800. The highest BCUT2D eigenvalue weighted by Gasteiger charge is 2.09. The van der Waals surface area contributed by atoms with Gasteiger partial charge in [-0.05, 0) is 31.2 Å². The second-order valence-corrected chi connectivity index (χ2v) is 6.34. The van der Waals surface area contributed by atoms with Crippen molar-refractivity contribution < 1.29 is 4.79 Å². The van der Waals surface area contributed by atoms with Gasteiger partial charge in [-0.1, -0.05) is 22.9 Å². The zero-order valence-corrected chi connectivity index (χ0v) is 13.6. The second-order valence-electron chi connectivity index (χ2n) is 3.92. The van der Waals surface area contributed by atoms with Gasteiger partial charge >= 0.3 is 0 Å². The molecule has 3 N–H and O–H groups in total. The number of carbonyl (C=O) groups excluding carboxylic acids is 1. The van der Waals surface area contributed by atoms with Crippen LogP contribution in [0.2, 0.25) is 0 Å². The minimum atomic E-state index is -0.445. The standard InChI is InChI=1S/C12H17BrN2OS.ClH/c1-8(7-15-12(16)9(2)14)17-11-5-3-10(13)4-6-11;/h3-6,8-9H,7,14H2,1-2H3,(H,15,16);1H/t8?,9-;/m0./s1. The Morgan fingerprint density at radius 3 is 2.44 bits per heavy atom. The van der Waals surface area contributed by atoms with Gasteiger partial charge in [0.05, 0.1) is 6.04 Å². The Labute approximate surface area is 127 Å². The van der Waals surface area contributed by atoms with E-state index < -0.39 is 6.04 Å². The first kappa shape index (κ1) is 17.8. The van der Waals surface area contributed by atoms with Gasteiger partial charge in [-0.3, -0.25) is 4.79 Å². The summed E-state index contributed by atoms with van der Waals surface area (Å²) < 4.78 is 1.07. The predicted molar refractivity (Wildman–Crippen MR) is 83.4 cm³/mol. The van der Waals surface area contributed by atoms with E-state index in [9.17, 15) is 4.79 Å². The van der Waals surface area contributed by atoms with Crippen molar-refractivity contribution in [2.75, 3.05) is 6.54 Å². The zero-order chi connectivity index (χ0) is 12.8. The number of rotatable bonds is 5. The maximum Gasteiger partial charge on any atom is 0.236 e. The van der Waals surface area contributed by atoms with Crippen molar-refractivity contribution in [3.63, 3.8) is 0 Å². The Morgan fingerprint density at radius 2 is 1.94 bits per heavy atom. The largest absolute Gasteiger partial charge is 0.354 e. The second kappa shape index (κ2) is 8.80. The van der Waals surface area contributed by atoms with Crippen LogP contribution in [-0.2, 0) is 4.79 Å². The monoisotopic (exact) mass is 352 g/mol. The van der Waals surface area contributed by atoms with Crippen molar-refractivity contribution in [3.8, 4) is 0 Å². The van der Waals surface area contributed by atoms with Crippen LogP contribution < -0.4 is 11.1 Å². The number of hydrogen-bond donors (Lipinski definition) is 2. The van der Waals surface area contributed by atoms with Crippen LogP contribution in [0.1, 0.15) is 13.8 Å². The number of halogens is 2. The van der Waals surface area contributed by atoms with Gasteiger partial charge in [0, 0.05) is 21.2 Å². The van der Waals surface area contributed by atoms with E-state index in [-0.39, 0.29) is 18.3 Å². The molecule has 1 aromatic rings. The number of amides is 1. The van der Waals surface area contributed by atoms with Crippen LogP contribution in [0.15, 0.2) is 33.6 Å². The van der Waals surface area contributed by atoms with Gasteiger partial charge in [-0.15, -0.1) is 24.2 Å². The third-order valence-electron chi connectivity index (χ3n) is 2.13. The topological polar surface area (TPSA) is 55.1 Å². The van der Waals surface area contributed by atoms with E-state index in [0.717, 1.165) is 4.47 Å². The maximum atomic E-state index is 11.3. The van der Waals surface area contributed by atoms with Gasteiger partial charge < -0.3 is 11.1 Å². The van der Waals surface area contributed by atoms with Crippen LogP contribution >= 0.6 is 40.1 Å². The molecule has 0 fully saturated rings. The summed E-state index contributed by atoms with van der Waals surface area (Å²) in [6, 6.07) is 7.68. The molecule has 6 heteroatoms. The molecule has 1 rings (SSSR count). The third kappa shape index (κ3) is 6.64. The maximum absolute atomic E-state index is 11.3. The highest BCUT2D eigenvalue weighted by Crippen LogP contribution is 2.24. The Morgan fingerprint density at radius 1 is 1.39 bits per heavy atom. The minimum absolute atomic E-state index is 0. The fraction of sp³-hybridized carbons (Fsp3) is 0.417. The van der Waals surface area contributed by atoms with E-state index >= 15 is 0 Å². The summed E-state index contributed by atoms with van der Waals surface area (Å²) in [6.45, 7) is 4.39. The third-order valence-corrected chi connectivity index (χ3v) is 3.77. The zero-order valence-electron chi connectivity index (χ0n) is 10.4. The summed E-state index contributed by atoms with van der Waals surface area (Å²) in [4.78, 5) is 12.5. The highest BCUT2D eigenvalue weighted by molar-refractivity contribution is 9.10. The molecule has 0 bridgehead atoms. The SMILES string of the molecule is CC(CNC(=O)[C@H](C)N)Sc1ccc(Br)cc1.Cl. The van der Waals surface area contributed by atoms with Crippen LogP contribution in [0, 0.1) is 0 Å². The van der Waals surface area contributed by atoms with E-state index in [1.54, 1.807) is 18.7 Å². The summed E-state index contributed by atoms with van der Waals surface area (Å²) >= 11 is 5.13. The summed E-state index contributed by atoms with van der Waals surface area (Å²) in [5, 5.41) is 3.14. The van der Waals surface area contributed by atoms with Crippen LogP contribution in [0.3, 0.4) is 0 Å². The number of hydrogen-bond acceptors (Lipinski definition) is 3. The molecule has 1 unspecified atom stereocenters. The molecule has 0 heterocycles. The molecular formula is C12H18BrClN2OS. The number of thioether (sulfide) groups is 1. The van der Waals surface area contributed by atoms with Crippen LogP contribution in [0.4, 0.5) is 0 Å². The summed E-state index contributed by atoms with van der Waals surface area (Å²) in [5.41, 5.74) is 5.47. The van der Waals surface area contributed by atoms with Crippen LogP contribution in [0.25, 0.3) is 0 Å². The van der Waals surface area contributed by atoms with Crippen molar-refractivity contribution in [2.24, 2.45) is 5.73 Å². The molecule has 0 aliphatic rings. The van der Waals surface area contributed by atoms with E-state index in [4.69, 9.17) is 5.73 Å². The molecule has 2 atom stereocenters. The number of benzene rings is 1. The van der Waals surface area contributed by atoms with Crippen molar-refractivity contribution in [3.05, 3.63) is 28.7 Å². The molecule has 18 heavy (non-hydrogen) atoms. The number of nitrogens with one attached hydrogen (secondary N) is 1. The molecule has 102 valence electrons. The Kier molecular flexibility index (Phi) is 8.69. The fourth-order valence-corrected chi connectivity index (χ4v) is 2.38. The fourth-order valence-electron chi connectivity index (χ4n) is 1.19. The molecular weight excluding hydrogens is 336 g/mol. The van der Waals surface area contributed by atoms with E-state index in [1.165, 1.54) is 4.90 Å². The molecule has 0 aliphatic heterocycles. The van der Waals surface area contributed by atoms with Crippen molar-refractivity contribution in [2.45, 2.75) is 30.0 Å². The van der Waals surface area contributed by atoms with Crippen LogP contribution in [0.5, 0.6) is 0 Å². The van der Waals surface area contributed by atoms with Crippen molar-refractivity contribution in [1.82, 2.24) is 5.32 Å². The van der Waals surface area contributed by atoms with Gasteiger partial charge in [0.1, 0.15) is 0 Å². The molecule has 0 saturated heterocycles. The lowest BCUT2D eigenvalue weighted by Gasteiger charge is -2.13. The Hall–Kier alpha value is -0.230. The average Bonchev–Trinajstić information content (AvgIpc) is 2.29. The Bertz CT molecular complexity index is 373. The molecule has 3 nitrogen and oxygen atoms in total. The van der Waals surface area contributed by atoms with Gasteiger partial charge in [-0.2, -0.15) is 0 Å². The summed E-state index contributed by atoms with van der Waals surface area (Å²) in [7, 11) is 0. The highest BCUT2D eigenvalue weighted by atomic mass is 79.9. The summed E-state index contributed by atoms with van der Waals surface area (Å²) in [6.07, 6.45) is 0. The lowest BCUT2D eigenvalue weighted by atomic mass is 10.3. The molecule has 0 aliphatic carbocycles. The number of nitrogens with two attached hydrogens (primary N) is 1. The van der Waals surface area contributed by atoms with E-state index in [2.05, 4.69) is 40.3 Å². The first-order valence-electron chi connectivity index (χ1n) is 5.44. The van der Waals surface area contributed by atoms with Gasteiger partial charge in [0.2, 0.25) is 5.91 Å². The summed E-state index contributed by atoms with van der Waals surface area (Å²) in [5.74, 6) is -0.103. The molecule has 0 spiro atoms. The molecule has 0 saturated carbocycles. The smallest absolute Gasteiger partial charge is 0.236 e. The number of carbonyl (C=O) groups is 1. The van der Waals surface area contributed by atoms with E-state index in [1.807, 2.05) is 12.1 Å². The first-order chi connectivity index (χ1) is 7.99. The lowest BCUT2D eigenvalue weighted by Crippen LogP contribution is -2.40. The average molecular weight is 354 g/mol. The molecule has 0 radical (unpaired) electrons. The Balaban J connectivity index is 0.00000289. The van der Waals surface area contributed by atoms with Gasteiger partial charge in [0.25, 0.3) is 0 Å². The van der Waals surface area contributed by atoms with Gasteiger partial charge in [0.15, 0.2) is 0 Å². The normalized spacial score (nSPS) is 13.3.